The van der Waals surface area contributed by atoms with Crippen LogP contribution in [0.15, 0.2) is 33.5 Å². The topological polar surface area (TPSA) is 80.0 Å². The number of anilines is 1. The Bertz CT molecular complexity index is 690. The van der Waals surface area contributed by atoms with Crippen molar-refractivity contribution in [3.8, 4) is 0 Å². The average Bonchev–Trinajstić information content (AvgIpc) is 2.43. The van der Waals surface area contributed by atoms with Crippen LogP contribution in [-0.4, -0.2) is 38.4 Å². The molecule has 0 saturated heterocycles. The lowest BCUT2D eigenvalue weighted by molar-refractivity contribution is 0.0429. The molecule has 1 aromatic heterocycles. The van der Waals surface area contributed by atoms with E-state index in [0.29, 0.717) is 11.0 Å². The third kappa shape index (κ3) is 2.80. The fraction of sp³-hybridized carbons (Fsp3) is 0.286. The summed E-state index contributed by atoms with van der Waals surface area (Å²) in [5, 5.41) is 9.23. The van der Waals surface area contributed by atoms with Crippen molar-refractivity contribution in [3.05, 3.63) is 40.2 Å². The number of hydrogen-bond acceptors (Lipinski definition) is 6. The zero-order chi connectivity index (χ0) is 14.7. The Hall–Kier alpha value is -2.34. The maximum absolute atomic E-state index is 11.8. The van der Waals surface area contributed by atoms with E-state index in [9.17, 15) is 9.59 Å². The number of ether oxygens (including phenoxy) is 1. The van der Waals surface area contributed by atoms with Crippen molar-refractivity contribution in [3.63, 3.8) is 0 Å². The molecule has 0 aliphatic rings. The second-order valence-electron chi connectivity index (χ2n) is 4.42. The van der Waals surface area contributed by atoms with Gasteiger partial charge in [-0.2, -0.15) is 0 Å². The highest BCUT2D eigenvalue weighted by Crippen LogP contribution is 2.20. The van der Waals surface area contributed by atoms with Crippen molar-refractivity contribution in [1.82, 2.24) is 0 Å². The number of aliphatic hydroxyl groups is 1. The van der Waals surface area contributed by atoms with Gasteiger partial charge in [0.1, 0.15) is 17.8 Å². The molecule has 20 heavy (non-hydrogen) atoms. The summed E-state index contributed by atoms with van der Waals surface area (Å²) in [6.07, 6.45) is 0. The Morgan fingerprint density at radius 2 is 2.10 bits per heavy atom. The van der Waals surface area contributed by atoms with Crippen LogP contribution >= 0.6 is 0 Å². The van der Waals surface area contributed by atoms with Crippen molar-refractivity contribution < 1.29 is 19.1 Å². The number of esters is 1. The van der Waals surface area contributed by atoms with Crippen LogP contribution < -0.4 is 10.5 Å². The van der Waals surface area contributed by atoms with Crippen LogP contribution in [0.1, 0.15) is 10.4 Å². The van der Waals surface area contributed by atoms with Crippen LogP contribution in [0.2, 0.25) is 0 Å². The van der Waals surface area contributed by atoms with E-state index in [1.165, 1.54) is 6.07 Å². The largest absolute Gasteiger partial charge is 0.459 e. The highest BCUT2D eigenvalue weighted by molar-refractivity contribution is 5.93. The quantitative estimate of drug-likeness (QED) is 0.663. The summed E-state index contributed by atoms with van der Waals surface area (Å²) >= 11 is 0. The highest BCUT2D eigenvalue weighted by atomic mass is 16.5. The summed E-state index contributed by atoms with van der Waals surface area (Å²) in [6.45, 7) is -0.452. The van der Waals surface area contributed by atoms with Gasteiger partial charge in [0.2, 0.25) is 0 Å². The molecule has 1 heterocycles. The van der Waals surface area contributed by atoms with E-state index in [2.05, 4.69) is 0 Å². The van der Waals surface area contributed by atoms with Crippen LogP contribution in [0.4, 0.5) is 5.69 Å². The first-order chi connectivity index (χ1) is 9.52. The van der Waals surface area contributed by atoms with Crippen LogP contribution in [-0.2, 0) is 4.74 Å². The SMILES string of the molecule is CN(C)c1ccc2cc(C(=O)OCCO)c(=O)oc2c1. The number of nitrogens with zero attached hydrogens (tertiary/aromatic N) is 1. The van der Waals surface area contributed by atoms with E-state index in [1.807, 2.05) is 25.1 Å². The van der Waals surface area contributed by atoms with Gasteiger partial charge < -0.3 is 19.2 Å². The molecule has 1 N–H and O–H groups in total. The lowest BCUT2D eigenvalue weighted by atomic mass is 10.1. The first kappa shape index (κ1) is 14.1. The number of hydrogen-bond donors (Lipinski definition) is 1. The second-order valence-corrected chi connectivity index (χ2v) is 4.42. The number of fused-ring (bicyclic) bond motifs is 1. The number of carbonyl (C=O) groups is 1. The smallest absolute Gasteiger partial charge is 0.351 e. The number of carbonyl (C=O) groups excluding carboxylic acids is 1. The van der Waals surface area contributed by atoms with Gasteiger partial charge in [0.05, 0.1) is 6.61 Å². The summed E-state index contributed by atoms with van der Waals surface area (Å²) in [4.78, 5) is 25.3. The first-order valence-corrected chi connectivity index (χ1v) is 6.06. The maximum atomic E-state index is 11.8. The third-order valence-corrected chi connectivity index (χ3v) is 2.78. The predicted molar refractivity (Wildman–Crippen MR) is 74.2 cm³/mol. The molecule has 6 nitrogen and oxygen atoms in total. The number of aliphatic hydroxyl groups excluding tert-OH is 1. The van der Waals surface area contributed by atoms with Crippen molar-refractivity contribution in [2.45, 2.75) is 0 Å². The molecule has 0 radical (unpaired) electrons. The van der Waals surface area contributed by atoms with E-state index in [4.69, 9.17) is 14.3 Å². The lowest BCUT2D eigenvalue weighted by Gasteiger charge is -2.12. The molecule has 1 aromatic carbocycles. The minimum absolute atomic E-state index is 0.157. The molecule has 0 unspecified atom stereocenters. The fourth-order valence-electron chi connectivity index (χ4n) is 1.74. The van der Waals surface area contributed by atoms with Gasteiger partial charge in [-0.05, 0) is 18.2 Å². The lowest BCUT2D eigenvalue weighted by Crippen LogP contribution is -2.18. The van der Waals surface area contributed by atoms with E-state index in [-0.39, 0.29) is 18.8 Å². The fourth-order valence-corrected chi connectivity index (χ4v) is 1.74. The molecule has 0 aliphatic carbocycles. The molecule has 0 fully saturated rings. The van der Waals surface area contributed by atoms with Gasteiger partial charge in [-0.25, -0.2) is 9.59 Å². The molecular weight excluding hydrogens is 262 g/mol. The highest BCUT2D eigenvalue weighted by Gasteiger charge is 2.15. The first-order valence-electron chi connectivity index (χ1n) is 6.06. The van der Waals surface area contributed by atoms with Crippen LogP contribution in [0.25, 0.3) is 11.0 Å². The Morgan fingerprint density at radius 1 is 1.35 bits per heavy atom. The molecule has 0 saturated carbocycles. The summed E-state index contributed by atoms with van der Waals surface area (Å²) in [6, 6.07) is 6.77. The van der Waals surface area contributed by atoms with Crippen molar-refractivity contribution in [2.24, 2.45) is 0 Å². The van der Waals surface area contributed by atoms with Gasteiger partial charge in [-0.1, -0.05) is 0 Å². The average molecular weight is 277 g/mol. The number of rotatable bonds is 4. The second kappa shape index (κ2) is 5.75. The molecule has 0 atom stereocenters. The van der Waals surface area contributed by atoms with Crippen molar-refractivity contribution in [2.75, 3.05) is 32.2 Å². The van der Waals surface area contributed by atoms with Gasteiger partial charge in [0.15, 0.2) is 0 Å². The summed E-state index contributed by atoms with van der Waals surface area (Å²) < 4.78 is 9.85. The van der Waals surface area contributed by atoms with Crippen molar-refractivity contribution in [1.29, 1.82) is 0 Å². The molecule has 2 rings (SSSR count). The molecule has 6 heteroatoms. The Kier molecular flexibility index (Phi) is 4.05. The van der Waals surface area contributed by atoms with Crippen LogP contribution in [0.3, 0.4) is 0 Å². The maximum Gasteiger partial charge on any atom is 0.351 e. The zero-order valence-corrected chi connectivity index (χ0v) is 11.3. The van der Waals surface area contributed by atoms with Gasteiger partial charge in [0, 0.05) is 31.2 Å². The molecular formula is C14H15NO5. The molecule has 0 amide bonds. The molecule has 2 aromatic rings. The minimum Gasteiger partial charge on any atom is -0.459 e. The van der Waals surface area contributed by atoms with Gasteiger partial charge in [-0.3, -0.25) is 0 Å². The van der Waals surface area contributed by atoms with Gasteiger partial charge in [-0.15, -0.1) is 0 Å². The zero-order valence-electron chi connectivity index (χ0n) is 11.3. The van der Waals surface area contributed by atoms with E-state index in [0.717, 1.165) is 5.69 Å². The van der Waals surface area contributed by atoms with E-state index in [1.54, 1.807) is 12.1 Å². The van der Waals surface area contributed by atoms with E-state index < -0.39 is 11.6 Å². The van der Waals surface area contributed by atoms with Gasteiger partial charge >= 0.3 is 11.6 Å². The van der Waals surface area contributed by atoms with Crippen molar-refractivity contribution >= 4 is 22.6 Å². The summed E-state index contributed by atoms with van der Waals surface area (Å²) in [5.74, 6) is -0.800. The molecule has 106 valence electrons. The molecule has 0 spiro atoms. The Morgan fingerprint density at radius 3 is 2.75 bits per heavy atom. The monoisotopic (exact) mass is 277 g/mol. The Labute approximate surface area is 115 Å². The van der Waals surface area contributed by atoms with Crippen LogP contribution in [0.5, 0.6) is 0 Å². The standard InChI is InChI=1S/C14H15NO5/c1-15(2)10-4-3-9-7-11(13(17)19-6-5-16)14(18)20-12(9)8-10/h3-4,7-8,16H,5-6H2,1-2H3. The molecule has 0 bridgehead atoms. The molecule has 0 aliphatic heterocycles. The number of benzene rings is 1. The Balaban J connectivity index is 2.45. The summed E-state index contributed by atoms with van der Waals surface area (Å²) in [5.41, 5.74) is 0.357. The normalized spacial score (nSPS) is 10.6. The van der Waals surface area contributed by atoms with Gasteiger partial charge in [0.25, 0.3) is 0 Å². The van der Waals surface area contributed by atoms with E-state index >= 15 is 0 Å². The third-order valence-electron chi connectivity index (χ3n) is 2.78. The van der Waals surface area contributed by atoms with Crippen LogP contribution in [0, 0.1) is 0 Å². The summed E-state index contributed by atoms with van der Waals surface area (Å²) in [7, 11) is 3.75. The minimum atomic E-state index is -0.800. The predicted octanol–water partition coefficient (Wildman–Crippen LogP) is 1.01.